The molecule has 0 bridgehead atoms. The number of rotatable bonds is 6. The number of pyridine rings is 1. The number of aromatic nitrogens is 1. The molecule has 202 valence electrons. The van der Waals surface area contributed by atoms with Gasteiger partial charge in [0.1, 0.15) is 10.7 Å². The molecule has 1 aromatic heterocycles. The topological polar surface area (TPSA) is 82.6 Å². The van der Waals surface area contributed by atoms with Gasteiger partial charge < -0.3 is 4.90 Å². The molecule has 1 aliphatic rings. The Morgan fingerprint density at radius 1 is 0.974 bits per heavy atom. The molecule has 0 spiro atoms. The summed E-state index contributed by atoms with van der Waals surface area (Å²) in [4.78, 5) is 21.0. The van der Waals surface area contributed by atoms with Crippen LogP contribution in [0.25, 0.3) is 10.9 Å². The first-order chi connectivity index (χ1) is 18.6. The second kappa shape index (κ2) is 10.7. The number of halogens is 3. The second-order valence-corrected chi connectivity index (χ2v) is 11.1. The van der Waals surface area contributed by atoms with Gasteiger partial charge in [-0.2, -0.15) is 0 Å². The summed E-state index contributed by atoms with van der Waals surface area (Å²) < 4.78 is 69.5. The van der Waals surface area contributed by atoms with Gasteiger partial charge in [-0.1, -0.05) is 18.2 Å². The summed E-state index contributed by atoms with van der Waals surface area (Å²) in [5.41, 5.74) is 1.10. The lowest BCUT2D eigenvalue weighted by Gasteiger charge is -2.40. The summed E-state index contributed by atoms with van der Waals surface area (Å²) >= 11 is 0. The lowest BCUT2D eigenvalue weighted by Crippen LogP contribution is -2.53. The molecule has 5 rings (SSSR count). The average Bonchev–Trinajstić information content (AvgIpc) is 2.91. The molecule has 3 aromatic carbocycles. The van der Waals surface area contributed by atoms with Gasteiger partial charge in [0.15, 0.2) is 11.6 Å². The number of anilines is 1. The molecule has 1 fully saturated rings. The Bertz CT molecular complexity index is 1640. The van der Waals surface area contributed by atoms with E-state index in [0.717, 1.165) is 6.07 Å². The quantitative estimate of drug-likeness (QED) is 0.347. The van der Waals surface area contributed by atoms with Crippen molar-refractivity contribution in [2.75, 3.05) is 24.4 Å². The van der Waals surface area contributed by atoms with Gasteiger partial charge in [-0.25, -0.2) is 21.6 Å². The Labute approximate surface area is 223 Å². The van der Waals surface area contributed by atoms with E-state index in [1.54, 1.807) is 41.3 Å². The third-order valence-electron chi connectivity index (χ3n) is 6.73. The highest BCUT2D eigenvalue weighted by Crippen LogP contribution is 2.24. The van der Waals surface area contributed by atoms with Crippen molar-refractivity contribution in [2.24, 2.45) is 0 Å². The van der Waals surface area contributed by atoms with Gasteiger partial charge in [0.05, 0.1) is 5.52 Å². The fraction of sp³-hybridized carbons (Fsp3) is 0.214. The van der Waals surface area contributed by atoms with Crippen LogP contribution < -0.4 is 4.72 Å². The van der Waals surface area contributed by atoms with Crippen LogP contribution in [0.4, 0.5) is 18.9 Å². The number of piperazine rings is 1. The third-order valence-corrected chi connectivity index (χ3v) is 8.14. The number of carbonyl (C=O) groups excluding carboxylic acids is 1. The number of nitrogens with one attached hydrogen (secondary N) is 1. The number of benzene rings is 3. The number of fused-ring (bicyclic) bond motifs is 1. The van der Waals surface area contributed by atoms with Gasteiger partial charge in [-0.3, -0.25) is 19.4 Å². The number of sulfonamides is 1. The zero-order valence-electron chi connectivity index (χ0n) is 20.9. The largest absolute Gasteiger partial charge is 0.333 e. The maximum Gasteiger partial charge on any atom is 0.264 e. The summed E-state index contributed by atoms with van der Waals surface area (Å²) in [5.74, 6) is -3.38. The SMILES string of the molecule is C[C@H]1CN(Cc2cc(F)c(F)cc2F)CCN1C(=O)c1ccc(NS(=O)(=O)c2cccc3cccnc23)cc1. The number of carbonyl (C=O) groups is 1. The molecule has 1 saturated heterocycles. The first-order valence-corrected chi connectivity index (χ1v) is 13.7. The van der Waals surface area contributed by atoms with Gasteiger partial charge in [-0.05, 0) is 49.4 Å². The Hall–Kier alpha value is -3.96. The van der Waals surface area contributed by atoms with E-state index >= 15 is 0 Å². The Kier molecular flexibility index (Phi) is 7.28. The number of hydrogen-bond acceptors (Lipinski definition) is 5. The number of hydrogen-bond donors (Lipinski definition) is 1. The molecule has 0 radical (unpaired) electrons. The normalized spacial score (nSPS) is 16.4. The summed E-state index contributed by atoms with van der Waals surface area (Å²) in [6.45, 7) is 3.14. The van der Waals surface area contributed by atoms with Crippen molar-refractivity contribution in [3.05, 3.63) is 102 Å². The molecule has 0 saturated carbocycles. The molecule has 0 unspecified atom stereocenters. The van der Waals surface area contributed by atoms with E-state index in [1.807, 2.05) is 11.8 Å². The van der Waals surface area contributed by atoms with Crippen LogP contribution >= 0.6 is 0 Å². The standard InChI is InChI=1S/C28H25F3N4O3S/c1-18-16-34(17-21-14-24(30)25(31)15-23(21)29)12-13-35(18)28(36)20-7-9-22(10-8-20)33-39(37,38)26-6-2-4-19-5-3-11-32-27(19)26/h2-11,14-15,18,33H,12-13,16-17H2,1H3/t18-/m0/s1. The number of para-hydroxylation sites is 1. The van der Waals surface area contributed by atoms with Crippen LogP contribution in [0.3, 0.4) is 0 Å². The summed E-state index contributed by atoms with van der Waals surface area (Å²) in [6, 6.07) is 15.8. The summed E-state index contributed by atoms with van der Waals surface area (Å²) in [5, 5.41) is 0.700. The molecular formula is C28H25F3N4O3S. The smallest absolute Gasteiger partial charge is 0.264 e. The predicted molar refractivity (Wildman–Crippen MR) is 141 cm³/mol. The Balaban J connectivity index is 1.24. The van der Waals surface area contributed by atoms with E-state index < -0.39 is 27.5 Å². The number of nitrogens with zero attached hydrogens (tertiary/aromatic N) is 3. The van der Waals surface area contributed by atoms with Crippen molar-refractivity contribution < 1.29 is 26.4 Å². The van der Waals surface area contributed by atoms with E-state index in [-0.39, 0.29) is 29.0 Å². The zero-order valence-corrected chi connectivity index (χ0v) is 21.8. The van der Waals surface area contributed by atoms with Crippen molar-refractivity contribution >= 4 is 32.5 Å². The van der Waals surface area contributed by atoms with E-state index in [2.05, 4.69) is 9.71 Å². The van der Waals surface area contributed by atoms with Crippen molar-refractivity contribution in [2.45, 2.75) is 24.4 Å². The van der Waals surface area contributed by atoms with Crippen molar-refractivity contribution in [1.82, 2.24) is 14.8 Å². The molecule has 1 atom stereocenters. The van der Waals surface area contributed by atoms with Crippen LogP contribution in [0.15, 0.2) is 77.8 Å². The minimum absolute atomic E-state index is 0.0516. The molecule has 1 aliphatic heterocycles. The molecule has 1 amide bonds. The minimum atomic E-state index is -3.93. The fourth-order valence-corrected chi connectivity index (χ4v) is 5.99. The van der Waals surface area contributed by atoms with Gasteiger partial charge >= 0.3 is 0 Å². The van der Waals surface area contributed by atoms with Gasteiger partial charge in [0.25, 0.3) is 15.9 Å². The first kappa shape index (κ1) is 26.6. The molecule has 1 N–H and O–H groups in total. The van der Waals surface area contributed by atoms with Gasteiger partial charge in [0.2, 0.25) is 0 Å². The highest BCUT2D eigenvalue weighted by molar-refractivity contribution is 7.93. The molecule has 4 aromatic rings. The summed E-state index contributed by atoms with van der Waals surface area (Å²) in [6.07, 6.45) is 1.53. The Morgan fingerprint density at radius 3 is 2.44 bits per heavy atom. The van der Waals surface area contributed by atoms with Gasteiger partial charge in [-0.15, -0.1) is 0 Å². The average molecular weight is 555 g/mol. The van der Waals surface area contributed by atoms with E-state index in [1.165, 1.54) is 24.4 Å². The molecule has 11 heteroatoms. The number of amides is 1. The first-order valence-electron chi connectivity index (χ1n) is 12.3. The minimum Gasteiger partial charge on any atom is -0.333 e. The molecule has 0 aliphatic carbocycles. The highest BCUT2D eigenvalue weighted by Gasteiger charge is 2.29. The molecule has 39 heavy (non-hydrogen) atoms. The van der Waals surface area contributed by atoms with Crippen LogP contribution in [-0.2, 0) is 16.6 Å². The van der Waals surface area contributed by atoms with Gasteiger partial charge in [0, 0.05) is 66.7 Å². The Morgan fingerprint density at radius 2 is 1.69 bits per heavy atom. The van der Waals surface area contributed by atoms with Crippen LogP contribution in [0.5, 0.6) is 0 Å². The molecular weight excluding hydrogens is 529 g/mol. The molecule has 7 nitrogen and oxygen atoms in total. The van der Waals surface area contributed by atoms with E-state index in [9.17, 15) is 26.4 Å². The molecule has 2 heterocycles. The fourth-order valence-electron chi connectivity index (χ4n) is 4.75. The van der Waals surface area contributed by atoms with E-state index in [0.29, 0.717) is 47.9 Å². The second-order valence-electron chi connectivity index (χ2n) is 9.45. The predicted octanol–water partition coefficient (Wildman–Crippen LogP) is 4.80. The monoisotopic (exact) mass is 554 g/mol. The van der Waals surface area contributed by atoms with Crippen LogP contribution in [0.1, 0.15) is 22.8 Å². The maximum absolute atomic E-state index is 14.1. The lowest BCUT2D eigenvalue weighted by atomic mass is 10.1. The van der Waals surface area contributed by atoms with Crippen molar-refractivity contribution in [1.29, 1.82) is 0 Å². The summed E-state index contributed by atoms with van der Waals surface area (Å²) in [7, 11) is -3.93. The van der Waals surface area contributed by atoms with E-state index in [4.69, 9.17) is 0 Å². The van der Waals surface area contributed by atoms with Crippen LogP contribution in [0.2, 0.25) is 0 Å². The van der Waals surface area contributed by atoms with Crippen LogP contribution in [0, 0.1) is 17.5 Å². The van der Waals surface area contributed by atoms with Crippen molar-refractivity contribution in [3.8, 4) is 0 Å². The zero-order chi connectivity index (χ0) is 27.7. The lowest BCUT2D eigenvalue weighted by molar-refractivity contribution is 0.0473. The van der Waals surface area contributed by atoms with Crippen molar-refractivity contribution in [3.63, 3.8) is 0 Å². The highest BCUT2D eigenvalue weighted by atomic mass is 32.2. The maximum atomic E-state index is 14.1. The third kappa shape index (κ3) is 5.59. The van der Waals surface area contributed by atoms with Crippen LogP contribution in [-0.4, -0.2) is 54.8 Å².